The smallest absolute Gasteiger partial charge is 0.422 e. The van der Waals surface area contributed by atoms with Gasteiger partial charge < -0.3 is 9.64 Å². The summed E-state index contributed by atoms with van der Waals surface area (Å²) in [6.07, 6.45) is -4.45. The van der Waals surface area contributed by atoms with E-state index >= 15 is 0 Å². The fraction of sp³-hybridized carbons (Fsp3) is 0.727. The van der Waals surface area contributed by atoms with Crippen molar-refractivity contribution in [3.8, 4) is 6.01 Å². The van der Waals surface area contributed by atoms with E-state index in [4.69, 9.17) is 11.6 Å². The lowest BCUT2D eigenvalue weighted by molar-refractivity contribution is -0.154. The van der Waals surface area contributed by atoms with Gasteiger partial charge in [-0.05, 0) is 24.7 Å². The highest BCUT2D eigenvalue weighted by molar-refractivity contribution is 7.99. The molecule has 0 aromatic carbocycles. The Labute approximate surface area is 130 Å². The van der Waals surface area contributed by atoms with Crippen molar-refractivity contribution in [2.45, 2.75) is 25.2 Å². The summed E-state index contributed by atoms with van der Waals surface area (Å²) in [5.74, 6) is 0.695. The van der Waals surface area contributed by atoms with Crippen LogP contribution >= 0.6 is 23.4 Å². The molecule has 1 aromatic rings. The Hall–Kier alpha value is -0.800. The molecule has 10 heteroatoms. The van der Waals surface area contributed by atoms with Crippen molar-refractivity contribution in [1.29, 1.82) is 0 Å². The third-order valence-electron chi connectivity index (χ3n) is 2.47. The number of hydrogen-bond acceptors (Lipinski definition) is 6. The van der Waals surface area contributed by atoms with Gasteiger partial charge in [0.05, 0.1) is 0 Å². The van der Waals surface area contributed by atoms with Gasteiger partial charge in [-0.1, -0.05) is 25.6 Å². The van der Waals surface area contributed by atoms with Crippen LogP contribution in [0.5, 0.6) is 6.01 Å². The summed E-state index contributed by atoms with van der Waals surface area (Å²) in [5, 5.41) is 0.0619. The molecule has 0 radical (unpaired) electrons. The number of alkyl halides is 3. The van der Waals surface area contributed by atoms with E-state index in [-0.39, 0.29) is 10.4 Å². The lowest BCUT2D eigenvalue weighted by Crippen LogP contribution is -2.25. The number of aromatic nitrogens is 3. The maximum absolute atomic E-state index is 12.1. The SMILES string of the molecule is CCN(CC)CCSc1nc(Cl)nc(OCC(F)(F)F)n1. The van der Waals surface area contributed by atoms with Crippen LogP contribution in [0.25, 0.3) is 0 Å². The Morgan fingerprint density at radius 1 is 1.19 bits per heavy atom. The first-order valence-electron chi connectivity index (χ1n) is 6.30. The molecule has 0 atom stereocenters. The molecule has 0 bridgehead atoms. The highest BCUT2D eigenvalue weighted by Gasteiger charge is 2.29. The van der Waals surface area contributed by atoms with Crippen LogP contribution in [0.2, 0.25) is 5.28 Å². The van der Waals surface area contributed by atoms with E-state index in [1.165, 1.54) is 11.8 Å². The number of thioether (sulfide) groups is 1. The standard InChI is InChI=1S/C11H16ClF3N4OS/c1-3-19(4-2)5-6-21-10-17-8(12)16-9(18-10)20-7-11(13,14)15/h3-7H2,1-2H3. The van der Waals surface area contributed by atoms with Crippen molar-refractivity contribution in [2.24, 2.45) is 0 Å². The molecule has 0 fully saturated rings. The fourth-order valence-corrected chi connectivity index (χ4v) is 2.42. The summed E-state index contributed by atoms with van der Waals surface area (Å²) in [7, 11) is 0. The Balaban J connectivity index is 2.56. The minimum Gasteiger partial charge on any atom is -0.454 e. The van der Waals surface area contributed by atoms with Crippen LogP contribution < -0.4 is 4.74 Å². The Morgan fingerprint density at radius 3 is 2.43 bits per heavy atom. The minimum absolute atomic E-state index is 0.187. The average molecular weight is 345 g/mol. The molecule has 1 aromatic heterocycles. The van der Waals surface area contributed by atoms with Crippen LogP contribution in [0, 0.1) is 0 Å². The molecule has 0 N–H and O–H groups in total. The van der Waals surface area contributed by atoms with Crippen molar-refractivity contribution >= 4 is 23.4 Å². The Kier molecular flexibility index (Phi) is 7.47. The van der Waals surface area contributed by atoms with E-state index in [0.29, 0.717) is 5.75 Å². The number of halogens is 4. The van der Waals surface area contributed by atoms with Gasteiger partial charge in [-0.15, -0.1) is 0 Å². The molecule has 0 aliphatic heterocycles. The Morgan fingerprint density at radius 2 is 1.86 bits per heavy atom. The second-order valence-electron chi connectivity index (χ2n) is 3.95. The lowest BCUT2D eigenvalue weighted by Gasteiger charge is -2.16. The van der Waals surface area contributed by atoms with Crippen molar-refractivity contribution in [1.82, 2.24) is 19.9 Å². The van der Waals surface area contributed by atoms with Gasteiger partial charge in [0.1, 0.15) is 0 Å². The summed E-state index contributed by atoms with van der Waals surface area (Å²) < 4.78 is 40.7. The van der Waals surface area contributed by atoms with Gasteiger partial charge in [0.25, 0.3) is 0 Å². The van der Waals surface area contributed by atoms with Crippen molar-refractivity contribution in [3.05, 3.63) is 5.28 Å². The van der Waals surface area contributed by atoms with Gasteiger partial charge in [-0.25, -0.2) is 0 Å². The summed E-state index contributed by atoms with van der Waals surface area (Å²) >= 11 is 6.94. The third-order valence-corrected chi connectivity index (χ3v) is 3.46. The second kappa shape index (κ2) is 8.60. The molecule has 0 aliphatic rings. The number of hydrogen-bond donors (Lipinski definition) is 0. The molecule has 0 saturated heterocycles. The summed E-state index contributed by atoms with van der Waals surface area (Å²) in [4.78, 5) is 13.4. The molecule has 0 saturated carbocycles. The predicted octanol–water partition coefficient (Wildman–Crippen LogP) is 2.90. The zero-order valence-electron chi connectivity index (χ0n) is 11.7. The molecule has 0 amide bonds. The molecule has 0 aliphatic carbocycles. The van der Waals surface area contributed by atoms with Crippen LogP contribution in [0.4, 0.5) is 13.2 Å². The molecule has 0 spiro atoms. The first-order chi connectivity index (χ1) is 9.84. The van der Waals surface area contributed by atoms with E-state index in [0.717, 1.165) is 19.6 Å². The van der Waals surface area contributed by atoms with Gasteiger partial charge in [0.2, 0.25) is 5.28 Å². The van der Waals surface area contributed by atoms with Gasteiger partial charge >= 0.3 is 12.2 Å². The normalized spacial score (nSPS) is 12.0. The molecule has 0 unspecified atom stereocenters. The highest BCUT2D eigenvalue weighted by atomic mass is 35.5. The number of rotatable bonds is 8. The van der Waals surface area contributed by atoms with Gasteiger partial charge in [-0.2, -0.15) is 28.1 Å². The quantitative estimate of drug-likeness (QED) is 0.676. The van der Waals surface area contributed by atoms with E-state index in [9.17, 15) is 13.2 Å². The van der Waals surface area contributed by atoms with E-state index in [1.54, 1.807) is 0 Å². The summed E-state index contributed by atoms with van der Waals surface area (Å²) in [6, 6.07) is -0.419. The maximum Gasteiger partial charge on any atom is 0.422 e. The largest absolute Gasteiger partial charge is 0.454 e. The molecule has 1 rings (SSSR count). The van der Waals surface area contributed by atoms with Crippen LogP contribution in [-0.4, -0.2) is 58.0 Å². The zero-order valence-corrected chi connectivity index (χ0v) is 13.2. The monoisotopic (exact) mass is 344 g/mol. The van der Waals surface area contributed by atoms with Gasteiger partial charge in [0, 0.05) is 12.3 Å². The van der Waals surface area contributed by atoms with Gasteiger partial charge in [0.15, 0.2) is 11.8 Å². The molecule has 120 valence electrons. The molecular formula is C11H16ClF3N4OS. The molecular weight excluding hydrogens is 329 g/mol. The van der Waals surface area contributed by atoms with Crippen LogP contribution in [0.3, 0.4) is 0 Å². The molecule has 21 heavy (non-hydrogen) atoms. The fourth-order valence-electron chi connectivity index (χ4n) is 1.40. The van der Waals surface area contributed by atoms with E-state index in [1.807, 2.05) is 0 Å². The van der Waals surface area contributed by atoms with Crippen LogP contribution in [0.1, 0.15) is 13.8 Å². The summed E-state index contributed by atoms with van der Waals surface area (Å²) in [5.41, 5.74) is 0. The Bertz CT molecular complexity index is 446. The number of nitrogens with zero attached hydrogens (tertiary/aromatic N) is 4. The predicted molar refractivity (Wildman–Crippen MR) is 74.9 cm³/mol. The van der Waals surface area contributed by atoms with Crippen LogP contribution in [0.15, 0.2) is 5.16 Å². The van der Waals surface area contributed by atoms with E-state index in [2.05, 4.69) is 38.4 Å². The van der Waals surface area contributed by atoms with Crippen LogP contribution in [-0.2, 0) is 0 Å². The lowest BCUT2D eigenvalue weighted by atomic mass is 10.5. The van der Waals surface area contributed by atoms with E-state index < -0.39 is 18.8 Å². The topological polar surface area (TPSA) is 51.1 Å². The van der Waals surface area contributed by atoms with Gasteiger partial charge in [-0.3, -0.25) is 0 Å². The first kappa shape index (κ1) is 18.2. The average Bonchev–Trinajstić information content (AvgIpc) is 2.40. The zero-order chi connectivity index (χ0) is 15.9. The van der Waals surface area contributed by atoms with Crippen molar-refractivity contribution < 1.29 is 17.9 Å². The summed E-state index contributed by atoms with van der Waals surface area (Å²) in [6.45, 7) is 5.31. The second-order valence-corrected chi connectivity index (χ2v) is 5.35. The van der Waals surface area contributed by atoms with Crippen molar-refractivity contribution in [2.75, 3.05) is 32.0 Å². The molecule has 1 heterocycles. The van der Waals surface area contributed by atoms with Crippen molar-refractivity contribution in [3.63, 3.8) is 0 Å². The number of ether oxygens (including phenoxy) is 1. The first-order valence-corrected chi connectivity index (χ1v) is 7.66. The maximum atomic E-state index is 12.1. The minimum atomic E-state index is -4.45. The molecule has 5 nitrogen and oxygen atoms in total. The third kappa shape index (κ3) is 7.68. The highest BCUT2D eigenvalue weighted by Crippen LogP contribution is 2.20.